The molecule has 2 heterocycles. The van der Waals surface area contributed by atoms with Crippen molar-refractivity contribution in [2.75, 3.05) is 18.2 Å². The Morgan fingerprint density at radius 3 is 2.88 bits per heavy atom. The van der Waals surface area contributed by atoms with E-state index in [1.54, 1.807) is 0 Å². The van der Waals surface area contributed by atoms with E-state index in [4.69, 9.17) is 13.9 Å². The monoisotopic (exact) mass is 473 g/mol. The number of hydrogen-bond acceptors (Lipinski definition) is 9. The largest absolute Gasteiger partial charge is 0.484 e. The summed E-state index contributed by atoms with van der Waals surface area (Å²) < 4.78 is 16.1. The Hall–Kier alpha value is -2.85. The number of rotatable bonds is 8. The molecule has 0 saturated heterocycles. The van der Waals surface area contributed by atoms with Crippen molar-refractivity contribution in [2.45, 2.75) is 38.0 Å². The maximum absolute atomic E-state index is 12.6. The van der Waals surface area contributed by atoms with Crippen LogP contribution in [0.3, 0.4) is 0 Å². The number of nitrogens with zero attached hydrogens (tertiary/aromatic N) is 2. The molecule has 0 fully saturated rings. The van der Waals surface area contributed by atoms with Gasteiger partial charge >= 0.3 is 5.97 Å². The van der Waals surface area contributed by atoms with E-state index in [-0.39, 0.29) is 23.5 Å². The predicted molar refractivity (Wildman–Crippen MR) is 121 cm³/mol. The highest BCUT2D eigenvalue weighted by molar-refractivity contribution is 7.99. The zero-order chi connectivity index (χ0) is 22.5. The van der Waals surface area contributed by atoms with Crippen LogP contribution in [0.5, 0.6) is 5.75 Å². The number of fused-ring (bicyclic) bond motifs is 1. The standard InChI is InChI=1S/C22H23N3O5S2/c1-13-8-9-15-16(10-13)32-20(19(15)21(27)28-2)23-17(26)12-31-22-25-24-18(30-22)11-29-14-6-4-3-5-7-14/h3-7,13H,8-12H2,1-2H3,(H,23,26). The van der Waals surface area contributed by atoms with Crippen LogP contribution in [0.15, 0.2) is 40.0 Å². The average molecular weight is 474 g/mol. The molecule has 1 aliphatic rings. The number of anilines is 1. The fraction of sp³-hybridized carbons (Fsp3) is 0.364. The quantitative estimate of drug-likeness (QED) is 0.380. The van der Waals surface area contributed by atoms with Gasteiger partial charge in [-0.15, -0.1) is 21.5 Å². The number of methoxy groups -OCH3 is 1. The zero-order valence-corrected chi connectivity index (χ0v) is 19.4. The lowest BCUT2D eigenvalue weighted by Crippen LogP contribution is -2.17. The average Bonchev–Trinajstić information content (AvgIpc) is 3.40. The molecule has 1 aliphatic carbocycles. The predicted octanol–water partition coefficient (Wildman–Crippen LogP) is 4.35. The molecule has 0 saturated carbocycles. The van der Waals surface area contributed by atoms with Crippen molar-refractivity contribution in [1.82, 2.24) is 10.2 Å². The maximum atomic E-state index is 12.6. The number of amides is 1. The lowest BCUT2D eigenvalue weighted by molar-refractivity contribution is -0.113. The molecule has 4 rings (SSSR count). The van der Waals surface area contributed by atoms with Crippen molar-refractivity contribution in [3.05, 3.63) is 52.2 Å². The van der Waals surface area contributed by atoms with Crippen molar-refractivity contribution >= 4 is 40.0 Å². The molecule has 1 unspecified atom stereocenters. The number of ether oxygens (including phenoxy) is 2. The lowest BCUT2D eigenvalue weighted by Gasteiger charge is -2.18. The summed E-state index contributed by atoms with van der Waals surface area (Å²) in [4.78, 5) is 26.1. The molecule has 0 spiro atoms. The van der Waals surface area contributed by atoms with Crippen molar-refractivity contribution in [2.24, 2.45) is 5.92 Å². The van der Waals surface area contributed by atoms with Gasteiger partial charge in [-0.1, -0.05) is 36.9 Å². The van der Waals surface area contributed by atoms with Crippen LogP contribution in [0.2, 0.25) is 0 Å². The Kier molecular flexibility index (Phi) is 7.11. The van der Waals surface area contributed by atoms with Crippen molar-refractivity contribution in [1.29, 1.82) is 0 Å². The van der Waals surface area contributed by atoms with Crippen LogP contribution in [-0.2, 0) is 29.0 Å². The molecule has 1 amide bonds. The number of esters is 1. The number of thioether (sulfide) groups is 1. The van der Waals surface area contributed by atoms with E-state index in [9.17, 15) is 9.59 Å². The van der Waals surface area contributed by atoms with Gasteiger partial charge in [0.15, 0.2) is 6.61 Å². The number of nitrogens with one attached hydrogen (secondary N) is 1. The maximum Gasteiger partial charge on any atom is 0.341 e. The Morgan fingerprint density at radius 1 is 1.28 bits per heavy atom. The van der Waals surface area contributed by atoms with Crippen LogP contribution in [0.4, 0.5) is 5.00 Å². The van der Waals surface area contributed by atoms with Crippen LogP contribution in [0.25, 0.3) is 0 Å². The molecule has 168 valence electrons. The van der Waals surface area contributed by atoms with Crippen LogP contribution in [-0.4, -0.2) is 34.9 Å². The number of aromatic nitrogens is 2. The molecular formula is C22H23N3O5S2. The fourth-order valence-electron chi connectivity index (χ4n) is 3.46. The van der Waals surface area contributed by atoms with Gasteiger partial charge in [0.25, 0.3) is 11.1 Å². The number of hydrogen-bond donors (Lipinski definition) is 1. The fourth-order valence-corrected chi connectivity index (χ4v) is 5.46. The van der Waals surface area contributed by atoms with Gasteiger partial charge in [-0.05, 0) is 42.9 Å². The third-order valence-corrected chi connectivity index (χ3v) is 7.02. The molecule has 8 nitrogen and oxygen atoms in total. The zero-order valence-electron chi connectivity index (χ0n) is 17.8. The van der Waals surface area contributed by atoms with Gasteiger partial charge in [0.05, 0.1) is 18.4 Å². The Balaban J connectivity index is 1.34. The first-order valence-corrected chi connectivity index (χ1v) is 12.0. The van der Waals surface area contributed by atoms with Gasteiger partial charge in [0, 0.05) is 4.88 Å². The van der Waals surface area contributed by atoms with E-state index < -0.39 is 5.97 Å². The molecule has 0 bridgehead atoms. The van der Waals surface area contributed by atoms with Crippen LogP contribution in [0.1, 0.15) is 40.0 Å². The van der Waals surface area contributed by atoms with Crippen molar-refractivity contribution in [3.63, 3.8) is 0 Å². The van der Waals surface area contributed by atoms with E-state index in [0.29, 0.717) is 28.1 Å². The van der Waals surface area contributed by atoms with Crippen LogP contribution >= 0.6 is 23.1 Å². The van der Waals surface area contributed by atoms with E-state index >= 15 is 0 Å². The SMILES string of the molecule is COC(=O)c1c(NC(=O)CSc2nnc(COc3ccccc3)o2)sc2c1CCC(C)C2. The highest BCUT2D eigenvalue weighted by atomic mass is 32.2. The minimum absolute atomic E-state index is 0.0702. The normalized spacial score (nSPS) is 15.1. The third kappa shape index (κ3) is 5.31. The molecule has 0 radical (unpaired) electrons. The second-order valence-electron chi connectivity index (χ2n) is 7.45. The first kappa shape index (κ1) is 22.3. The number of carbonyl (C=O) groups excluding carboxylic acids is 2. The molecule has 2 aromatic heterocycles. The van der Waals surface area contributed by atoms with Gasteiger partial charge in [0.2, 0.25) is 5.91 Å². The van der Waals surface area contributed by atoms with E-state index in [1.165, 1.54) is 18.4 Å². The van der Waals surface area contributed by atoms with E-state index in [1.807, 2.05) is 30.3 Å². The summed E-state index contributed by atoms with van der Waals surface area (Å²) in [5.41, 5.74) is 1.48. The number of benzene rings is 1. The summed E-state index contributed by atoms with van der Waals surface area (Å²) in [6, 6.07) is 9.32. The number of thiophene rings is 1. The van der Waals surface area contributed by atoms with Crippen LogP contribution in [0, 0.1) is 5.92 Å². The van der Waals surface area contributed by atoms with E-state index in [0.717, 1.165) is 41.5 Å². The molecule has 1 aromatic carbocycles. The Morgan fingerprint density at radius 2 is 2.09 bits per heavy atom. The van der Waals surface area contributed by atoms with E-state index in [2.05, 4.69) is 22.4 Å². The minimum atomic E-state index is -0.417. The van der Waals surface area contributed by atoms with Gasteiger partial charge < -0.3 is 19.2 Å². The second-order valence-corrected chi connectivity index (χ2v) is 9.48. The van der Waals surface area contributed by atoms with Gasteiger partial charge in [-0.3, -0.25) is 4.79 Å². The van der Waals surface area contributed by atoms with Crippen molar-refractivity contribution in [3.8, 4) is 5.75 Å². The summed E-state index contributed by atoms with van der Waals surface area (Å²) >= 11 is 2.58. The number of carbonyl (C=O) groups is 2. The summed E-state index contributed by atoms with van der Waals surface area (Å²) in [6.45, 7) is 2.34. The summed E-state index contributed by atoms with van der Waals surface area (Å²) in [5, 5.41) is 11.6. The topological polar surface area (TPSA) is 104 Å². The van der Waals surface area contributed by atoms with Crippen molar-refractivity contribution < 1.29 is 23.5 Å². The van der Waals surface area contributed by atoms with Gasteiger partial charge in [-0.25, -0.2) is 4.79 Å². The summed E-state index contributed by atoms with van der Waals surface area (Å²) in [7, 11) is 1.36. The highest BCUT2D eigenvalue weighted by Gasteiger charge is 2.29. The summed E-state index contributed by atoms with van der Waals surface area (Å²) in [6.07, 6.45) is 2.74. The summed E-state index contributed by atoms with van der Waals surface area (Å²) in [5.74, 6) is 0.981. The Bertz CT molecular complexity index is 1100. The molecular weight excluding hydrogens is 450 g/mol. The first-order valence-electron chi connectivity index (χ1n) is 10.2. The third-order valence-electron chi connectivity index (χ3n) is 5.03. The second kappa shape index (κ2) is 10.2. The number of para-hydroxylation sites is 1. The minimum Gasteiger partial charge on any atom is -0.484 e. The molecule has 32 heavy (non-hydrogen) atoms. The smallest absolute Gasteiger partial charge is 0.341 e. The molecule has 10 heteroatoms. The Labute approximate surface area is 193 Å². The van der Waals surface area contributed by atoms with Gasteiger partial charge in [-0.2, -0.15) is 0 Å². The molecule has 1 atom stereocenters. The highest BCUT2D eigenvalue weighted by Crippen LogP contribution is 2.40. The molecule has 0 aliphatic heterocycles. The van der Waals surface area contributed by atoms with Crippen LogP contribution < -0.4 is 10.1 Å². The molecule has 3 aromatic rings. The first-order chi connectivity index (χ1) is 15.5. The lowest BCUT2D eigenvalue weighted by atomic mass is 9.88. The van der Waals surface area contributed by atoms with Gasteiger partial charge in [0.1, 0.15) is 10.8 Å². The molecule has 1 N–H and O–H groups in total.